The van der Waals surface area contributed by atoms with Gasteiger partial charge in [0.1, 0.15) is 0 Å². The fraction of sp³-hybridized carbons (Fsp3) is 0.421. The van der Waals surface area contributed by atoms with Crippen LogP contribution in [0.1, 0.15) is 6.92 Å². The fourth-order valence-electron chi connectivity index (χ4n) is 3.03. The molecule has 1 aliphatic rings. The maximum Gasteiger partial charge on any atom is 0.194 e. The first-order chi connectivity index (χ1) is 13.1. The van der Waals surface area contributed by atoms with E-state index >= 15 is 0 Å². The van der Waals surface area contributed by atoms with Crippen LogP contribution in [0.3, 0.4) is 0 Å². The van der Waals surface area contributed by atoms with Crippen LogP contribution in [0.25, 0.3) is 0 Å². The highest BCUT2D eigenvalue weighted by atomic mass is 127. The Bertz CT molecular complexity index is 834. The number of benzene rings is 1. The molecular formula is C19H27IN4O2S2. The zero-order chi connectivity index (χ0) is 19.1. The number of nitrogens with zero attached hydrogens (tertiary/aromatic N) is 3. The Balaban J connectivity index is 0.00000280. The van der Waals surface area contributed by atoms with Crippen molar-refractivity contribution >= 4 is 56.1 Å². The minimum Gasteiger partial charge on any atom is -0.360 e. The third kappa shape index (κ3) is 6.08. The van der Waals surface area contributed by atoms with Gasteiger partial charge in [-0.25, -0.2) is 8.42 Å². The second kappa shape index (κ2) is 11.0. The largest absolute Gasteiger partial charge is 0.360 e. The highest BCUT2D eigenvalue weighted by molar-refractivity contribution is 14.0. The Morgan fingerprint density at radius 1 is 1.11 bits per heavy atom. The number of piperazine rings is 1. The van der Waals surface area contributed by atoms with Gasteiger partial charge in [0.2, 0.25) is 0 Å². The molecule has 28 heavy (non-hydrogen) atoms. The monoisotopic (exact) mass is 534 g/mol. The lowest BCUT2D eigenvalue weighted by Gasteiger charge is -2.37. The lowest BCUT2D eigenvalue weighted by Crippen LogP contribution is -2.52. The fourth-order valence-corrected chi connectivity index (χ4v) is 4.96. The molecule has 0 bridgehead atoms. The topological polar surface area (TPSA) is 65.0 Å². The number of halogens is 1. The van der Waals surface area contributed by atoms with Crippen LogP contribution in [0.15, 0.2) is 57.7 Å². The Labute approximate surface area is 188 Å². The number of aliphatic imine (C=N–C) groups is 1. The summed E-state index contributed by atoms with van der Waals surface area (Å²) in [6, 6.07) is 12.8. The number of anilines is 1. The summed E-state index contributed by atoms with van der Waals surface area (Å²) in [7, 11) is -3.30. The van der Waals surface area contributed by atoms with Crippen LogP contribution in [-0.4, -0.2) is 64.3 Å². The van der Waals surface area contributed by atoms with Gasteiger partial charge in [-0.1, -0.05) is 18.2 Å². The summed E-state index contributed by atoms with van der Waals surface area (Å²) < 4.78 is 24.8. The van der Waals surface area contributed by atoms with Gasteiger partial charge in [0.25, 0.3) is 0 Å². The summed E-state index contributed by atoms with van der Waals surface area (Å²) in [5.74, 6) is 0.813. The highest BCUT2D eigenvalue weighted by Gasteiger charge is 2.20. The number of hydrogen-bond donors (Lipinski definition) is 1. The van der Waals surface area contributed by atoms with E-state index in [0.29, 0.717) is 4.90 Å². The standard InChI is InChI=1S/C19H26N4O2S2.HI/c1-2-20-19(21-10-16-27(24,25)17-7-4-3-5-8-17)23-13-11-22(12-14-23)18-9-6-15-26-18;/h3-9,15H,2,10-14,16H2,1H3,(H,20,21);1H. The molecule has 1 N–H and O–H groups in total. The molecule has 0 spiro atoms. The molecular weight excluding hydrogens is 507 g/mol. The third-order valence-corrected chi connectivity index (χ3v) is 7.10. The van der Waals surface area contributed by atoms with Crippen LogP contribution in [0.4, 0.5) is 5.00 Å². The molecule has 0 saturated carbocycles. The van der Waals surface area contributed by atoms with E-state index in [-0.39, 0.29) is 36.3 Å². The average molecular weight is 534 g/mol. The second-order valence-electron chi connectivity index (χ2n) is 6.29. The van der Waals surface area contributed by atoms with Crippen molar-refractivity contribution in [2.45, 2.75) is 11.8 Å². The minimum atomic E-state index is -3.30. The van der Waals surface area contributed by atoms with E-state index in [2.05, 4.69) is 37.6 Å². The van der Waals surface area contributed by atoms with Crippen molar-refractivity contribution in [3.05, 3.63) is 47.8 Å². The van der Waals surface area contributed by atoms with Crippen molar-refractivity contribution in [3.63, 3.8) is 0 Å². The Kier molecular flexibility index (Phi) is 9.03. The Morgan fingerprint density at radius 2 is 1.82 bits per heavy atom. The number of hydrogen-bond acceptors (Lipinski definition) is 5. The van der Waals surface area contributed by atoms with Gasteiger partial charge < -0.3 is 15.1 Å². The first-order valence-corrected chi connectivity index (χ1v) is 11.7. The van der Waals surface area contributed by atoms with Gasteiger partial charge >= 0.3 is 0 Å². The van der Waals surface area contributed by atoms with Crippen molar-refractivity contribution in [2.75, 3.05) is 49.9 Å². The minimum absolute atomic E-state index is 0. The molecule has 0 radical (unpaired) electrons. The Hall–Kier alpha value is -1.33. The zero-order valence-corrected chi connectivity index (χ0v) is 19.9. The molecule has 154 valence electrons. The van der Waals surface area contributed by atoms with E-state index in [1.165, 1.54) is 5.00 Å². The third-order valence-electron chi connectivity index (χ3n) is 4.46. The molecule has 0 atom stereocenters. The van der Waals surface area contributed by atoms with Crippen LogP contribution >= 0.6 is 35.3 Å². The van der Waals surface area contributed by atoms with Crippen LogP contribution in [-0.2, 0) is 9.84 Å². The van der Waals surface area contributed by atoms with Crippen LogP contribution in [0.2, 0.25) is 0 Å². The van der Waals surface area contributed by atoms with Crippen molar-refractivity contribution < 1.29 is 8.42 Å². The molecule has 0 aliphatic carbocycles. The molecule has 6 nitrogen and oxygen atoms in total. The lowest BCUT2D eigenvalue weighted by atomic mass is 10.3. The summed E-state index contributed by atoms with van der Waals surface area (Å²) in [5.41, 5.74) is 0. The summed E-state index contributed by atoms with van der Waals surface area (Å²) in [4.78, 5) is 9.52. The van der Waals surface area contributed by atoms with Crippen molar-refractivity contribution in [3.8, 4) is 0 Å². The number of nitrogens with one attached hydrogen (secondary N) is 1. The van der Waals surface area contributed by atoms with Gasteiger partial charge in [-0.2, -0.15) is 0 Å². The molecule has 9 heteroatoms. The average Bonchev–Trinajstić information content (AvgIpc) is 3.23. The highest BCUT2D eigenvalue weighted by Crippen LogP contribution is 2.22. The first-order valence-electron chi connectivity index (χ1n) is 9.19. The summed E-state index contributed by atoms with van der Waals surface area (Å²) in [6.07, 6.45) is 0. The molecule has 1 aromatic carbocycles. The normalized spacial score (nSPS) is 15.2. The number of thiophene rings is 1. The van der Waals surface area contributed by atoms with Gasteiger partial charge in [-0.3, -0.25) is 4.99 Å². The first kappa shape index (κ1) is 23.0. The van der Waals surface area contributed by atoms with Gasteiger partial charge in [0.05, 0.1) is 22.2 Å². The van der Waals surface area contributed by atoms with E-state index in [1.807, 2.05) is 13.0 Å². The van der Waals surface area contributed by atoms with Gasteiger partial charge in [-0.15, -0.1) is 35.3 Å². The van der Waals surface area contributed by atoms with Gasteiger partial charge in [-0.05, 0) is 36.6 Å². The molecule has 0 unspecified atom stereocenters. The van der Waals surface area contributed by atoms with E-state index in [9.17, 15) is 8.42 Å². The molecule has 0 amide bonds. The van der Waals surface area contributed by atoms with E-state index in [4.69, 9.17) is 0 Å². The maximum atomic E-state index is 12.4. The molecule has 1 aliphatic heterocycles. The van der Waals surface area contributed by atoms with Crippen LogP contribution in [0.5, 0.6) is 0 Å². The predicted octanol–water partition coefficient (Wildman–Crippen LogP) is 2.93. The number of guanidine groups is 1. The maximum absolute atomic E-state index is 12.4. The zero-order valence-electron chi connectivity index (χ0n) is 16.0. The SMILES string of the molecule is CCNC(=NCCS(=O)(=O)c1ccccc1)N1CCN(c2cccs2)CC1.I. The second-order valence-corrected chi connectivity index (χ2v) is 9.33. The molecule has 2 heterocycles. The van der Waals surface area contributed by atoms with Crippen LogP contribution < -0.4 is 10.2 Å². The molecule has 1 fully saturated rings. The van der Waals surface area contributed by atoms with Gasteiger partial charge in [0.15, 0.2) is 15.8 Å². The lowest BCUT2D eigenvalue weighted by molar-refractivity contribution is 0.374. The van der Waals surface area contributed by atoms with Gasteiger partial charge in [0, 0.05) is 32.7 Å². The van der Waals surface area contributed by atoms with E-state index < -0.39 is 9.84 Å². The quantitative estimate of drug-likeness (QED) is 0.351. The van der Waals surface area contributed by atoms with E-state index in [0.717, 1.165) is 38.7 Å². The summed E-state index contributed by atoms with van der Waals surface area (Å²) in [5, 5.41) is 6.69. The molecule has 1 aromatic heterocycles. The van der Waals surface area contributed by atoms with Crippen LogP contribution in [0, 0.1) is 0 Å². The van der Waals surface area contributed by atoms with Crippen molar-refractivity contribution in [1.82, 2.24) is 10.2 Å². The molecule has 1 saturated heterocycles. The number of sulfone groups is 1. The predicted molar refractivity (Wildman–Crippen MR) is 128 cm³/mol. The number of rotatable bonds is 6. The molecule has 2 aromatic rings. The van der Waals surface area contributed by atoms with Crippen molar-refractivity contribution in [2.24, 2.45) is 4.99 Å². The smallest absolute Gasteiger partial charge is 0.194 e. The Morgan fingerprint density at radius 3 is 2.43 bits per heavy atom. The summed E-state index contributed by atoms with van der Waals surface area (Å²) >= 11 is 1.76. The van der Waals surface area contributed by atoms with Crippen molar-refractivity contribution in [1.29, 1.82) is 0 Å². The molecule has 3 rings (SSSR count). The van der Waals surface area contributed by atoms with E-state index in [1.54, 1.807) is 35.6 Å². The summed E-state index contributed by atoms with van der Waals surface area (Å²) in [6.45, 7) is 6.66.